The molecular weight excluding hydrogens is 386 g/mol. The van der Waals surface area contributed by atoms with Crippen molar-refractivity contribution in [3.8, 4) is 11.4 Å². The van der Waals surface area contributed by atoms with Gasteiger partial charge >= 0.3 is 0 Å². The Balaban J connectivity index is 1.31. The predicted molar refractivity (Wildman–Crippen MR) is 110 cm³/mol. The molecule has 5 rings (SSSR count). The summed E-state index contributed by atoms with van der Waals surface area (Å²) in [5, 5.41) is 8.10. The molecular formula is C21H21N5O2S. The van der Waals surface area contributed by atoms with E-state index in [1.165, 1.54) is 0 Å². The van der Waals surface area contributed by atoms with Gasteiger partial charge in [0.15, 0.2) is 0 Å². The minimum atomic E-state index is 0.0374. The molecule has 0 N–H and O–H groups in total. The number of carbonyl (C=O) groups excluding carboxylic acids is 1. The zero-order valence-electron chi connectivity index (χ0n) is 16.1. The molecule has 1 saturated heterocycles. The summed E-state index contributed by atoms with van der Waals surface area (Å²) in [6.07, 6.45) is 4.60. The number of pyridine rings is 1. The SMILES string of the molecule is Cc1nc2ccccn2c1C(=O)N1CCCC(Cc2nc(-c3ccsc3)no2)C1. The van der Waals surface area contributed by atoms with E-state index in [1.54, 1.807) is 11.3 Å². The second-order valence-corrected chi connectivity index (χ2v) is 8.24. The van der Waals surface area contributed by atoms with E-state index in [9.17, 15) is 4.79 Å². The van der Waals surface area contributed by atoms with Gasteiger partial charge in [-0.3, -0.25) is 9.20 Å². The summed E-state index contributed by atoms with van der Waals surface area (Å²) in [7, 11) is 0. The number of likely N-dealkylation sites (tertiary alicyclic amines) is 1. The fourth-order valence-corrected chi connectivity index (χ4v) is 4.67. The number of hydrogen-bond donors (Lipinski definition) is 0. The van der Waals surface area contributed by atoms with Crippen LogP contribution in [0.3, 0.4) is 0 Å². The zero-order valence-corrected chi connectivity index (χ0v) is 16.9. The van der Waals surface area contributed by atoms with Crippen LogP contribution in [0.15, 0.2) is 45.7 Å². The van der Waals surface area contributed by atoms with Crippen molar-refractivity contribution < 1.29 is 9.32 Å². The van der Waals surface area contributed by atoms with Gasteiger partial charge in [0, 0.05) is 36.7 Å². The van der Waals surface area contributed by atoms with Crippen molar-refractivity contribution in [3.05, 3.63) is 58.5 Å². The van der Waals surface area contributed by atoms with Crippen molar-refractivity contribution in [1.29, 1.82) is 0 Å². The first-order valence-electron chi connectivity index (χ1n) is 9.77. The van der Waals surface area contributed by atoms with Crippen LogP contribution >= 0.6 is 11.3 Å². The second-order valence-electron chi connectivity index (χ2n) is 7.46. The van der Waals surface area contributed by atoms with Gasteiger partial charge in [-0.2, -0.15) is 16.3 Å². The smallest absolute Gasteiger partial charge is 0.272 e. The van der Waals surface area contributed by atoms with E-state index in [2.05, 4.69) is 15.1 Å². The lowest BCUT2D eigenvalue weighted by Gasteiger charge is -2.32. The van der Waals surface area contributed by atoms with Gasteiger partial charge in [0.25, 0.3) is 5.91 Å². The number of hydrogen-bond acceptors (Lipinski definition) is 6. The number of imidazole rings is 1. The van der Waals surface area contributed by atoms with Gasteiger partial charge in [-0.05, 0) is 49.3 Å². The highest BCUT2D eigenvalue weighted by molar-refractivity contribution is 7.08. The van der Waals surface area contributed by atoms with Gasteiger partial charge < -0.3 is 9.42 Å². The van der Waals surface area contributed by atoms with Crippen molar-refractivity contribution in [2.45, 2.75) is 26.2 Å². The first-order valence-corrected chi connectivity index (χ1v) is 10.7. The van der Waals surface area contributed by atoms with Crippen molar-refractivity contribution in [2.24, 2.45) is 5.92 Å². The van der Waals surface area contributed by atoms with Gasteiger partial charge in [-0.15, -0.1) is 0 Å². The normalized spacial score (nSPS) is 17.1. The first-order chi connectivity index (χ1) is 14.2. The van der Waals surface area contributed by atoms with Gasteiger partial charge in [-0.25, -0.2) is 4.98 Å². The maximum atomic E-state index is 13.3. The molecule has 0 bridgehead atoms. The number of aryl methyl sites for hydroxylation is 1. The van der Waals surface area contributed by atoms with Gasteiger partial charge in [0.2, 0.25) is 11.7 Å². The lowest BCUT2D eigenvalue weighted by Crippen LogP contribution is -2.41. The molecule has 1 fully saturated rings. The summed E-state index contributed by atoms with van der Waals surface area (Å²) in [5.74, 6) is 1.61. The van der Waals surface area contributed by atoms with Gasteiger partial charge in [-0.1, -0.05) is 11.2 Å². The minimum Gasteiger partial charge on any atom is -0.339 e. The van der Waals surface area contributed by atoms with Crippen LogP contribution in [0.4, 0.5) is 0 Å². The van der Waals surface area contributed by atoms with E-state index in [0.717, 1.165) is 36.3 Å². The number of rotatable bonds is 4. The maximum Gasteiger partial charge on any atom is 0.272 e. The molecule has 0 aromatic carbocycles. The second kappa shape index (κ2) is 7.44. The number of amides is 1. The van der Waals surface area contributed by atoms with E-state index >= 15 is 0 Å². The highest BCUT2D eigenvalue weighted by Crippen LogP contribution is 2.25. The number of piperidine rings is 1. The Bertz CT molecular complexity index is 1150. The molecule has 1 atom stereocenters. The van der Waals surface area contributed by atoms with Crippen LogP contribution in [-0.4, -0.2) is 43.4 Å². The van der Waals surface area contributed by atoms with Crippen LogP contribution in [0.5, 0.6) is 0 Å². The molecule has 4 aromatic heterocycles. The van der Waals surface area contributed by atoms with Crippen molar-refractivity contribution in [2.75, 3.05) is 13.1 Å². The topological polar surface area (TPSA) is 76.5 Å². The Labute approximate surface area is 172 Å². The van der Waals surface area contributed by atoms with Gasteiger partial charge in [0.1, 0.15) is 11.3 Å². The standard InChI is InChI=1S/C21H21N5O2S/c1-14-19(26-9-3-2-6-17(26)22-14)21(27)25-8-4-5-15(12-25)11-18-23-20(24-28-18)16-7-10-29-13-16/h2-3,6-7,9-10,13,15H,4-5,8,11-12H2,1H3. The van der Waals surface area contributed by atoms with Crippen LogP contribution in [0.2, 0.25) is 0 Å². The molecule has 148 valence electrons. The van der Waals surface area contributed by atoms with E-state index < -0.39 is 0 Å². The Morgan fingerprint density at radius 3 is 3.10 bits per heavy atom. The summed E-state index contributed by atoms with van der Waals surface area (Å²) in [6, 6.07) is 7.76. The highest BCUT2D eigenvalue weighted by Gasteiger charge is 2.29. The Morgan fingerprint density at radius 1 is 1.31 bits per heavy atom. The molecule has 8 heteroatoms. The number of aromatic nitrogens is 4. The molecule has 1 unspecified atom stereocenters. The average Bonchev–Trinajstić information content (AvgIpc) is 3.47. The summed E-state index contributed by atoms with van der Waals surface area (Å²) >= 11 is 1.61. The summed E-state index contributed by atoms with van der Waals surface area (Å²) < 4.78 is 7.34. The average molecular weight is 407 g/mol. The number of carbonyl (C=O) groups is 1. The fourth-order valence-electron chi connectivity index (χ4n) is 4.03. The number of nitrogens with zero attached hydrogens (tertiary/aromatic N) is 5. The lowest BCUT2D eigenvalue weighted by molar-refractivity contribution is 0.0660. The van der Waals surface area contributed by atoms with Gasteiger partial charge in [0.05, 0.1) is 5.69 Å². The van der Waals surface area contributed by atoms with Crippen molar-refractivity contribution in [3.63, 3.8) is 0 Å². The molecule has 0 aliphatic carbocycles. The van der Waals surface area contributed by atoms with Crippen LogP contribution in [0.1, 0.15) is 34.9 Å². The molecule has 1 aliphatic heterocycles. The fraction of sp³-hybridized carbons (Fsp3) is 0.333. The Morgan fingerprint density at radius 2 is 2.24 bits per heavy atom. The van der Waals surface area contributed by atoms with E-state index in [1.807, 2.05) is 57.4 Å². The van der Waals surface area contributed by atoms with Crippen LogP contribution in [-0.2, 0) is 6.42 Å². The Hall–Kier alpha value is -3.00. The molecule has 5 heterocycles. The lowest BCUT2D eigenvalue weighted by atomic mass is 9.94. The van der Waals surface area contributed by atoms with E-state index in [-0.39, 0.29) is 5.91 Å². The van der Waals surface area contributed by atoms with Crippen LogP contribution in [0.25, 0.3) is 17.0 Å². The van der Waals surface area contributed by atoms with Crippen LogP contribution < -0.4 is 0 Å². The molecule has 0 saturated carbocycles. The third-order valence-corrected chi connectivity index (χ3v) is 6.11. The molecule has 1 aliphatic rings. The zero-order chi connectivity index (χ0) is 19.8. The molecule has 1 amide bonds. The summed E-state index contributed by atoms with van der Waals surface area (Å²) in [6.45, 7) is 3.35. The molecule has 7 nitrogen and oxygen atoms in total. The molecule has 4 aromatic rings. The van der Waals surface area contributed by atoms with Crippen molar-refractivity contribution >= 4 is 22.9 Å². The van der Waals surface area contributed by atoms with E-state index in [4.69, 9.17) is 4.52 Å². The summed E-state index contributed by atoms with van der Waals surface area (Å²) in [5.41, 5.74) is 3.20. The third-order valence-electron chi connectivity index (χ3n) is 5.42. The predicted octanol–water partition coefficient (Wildman–Crippen LogP) is 3.85. The summed E-state index contributed by atoms with van der Waals surface area (Å²) in [4.78, 5) is 24.3. The molecule has 0 spiro atoms. The Kier molecular flexibility index (Phi) is 4.63. The monoisotopic (exact) mass is 407 g/mol. The van der Waals surface area contributed by atoms with E-state index in [0.29, 0.717) is 36.3 Å². The maximum absolute atomic E-state index is 13.3. The minimum absolute atomic E-state index is 0.0374. The largest absolute Gasteiger partial charge is 0.339 e. The number of thiophene rings is 1. The molecule has 0 radical (unpaired) electrons. The van der Waals surface area contributed by atoms with Crippen molar-refractivity contribution in [1.82, 2.24) is 24.4 Å². The van der Waals surface area contributed by atoms with Crippen LogP contribution in [0, 0.1) is 12.8 Å². The highest BCUT2D eigenvalue weighted by atomic mass is 32.1. The number of fused-ring (bicyclic) bond motifs is 1. The first kappa shape index (κ1) is 18.1. The third kappa shape index (κ3) is 3.44. The quantitative estimate of drug-likeness (QED) is 0.514. The molecule has 29 heavy (non-hydrogen) atoms.